The molecule has 8 heteroatoms. The van der Waals surface area contributed by atoms with Crippen LogP contribution in [0.3, 0.4) is 0 Å². The average Bonchev–Trinajstić information content (AvgIpc) is 0.744. The van der Waals surface area contributed by atoms with E-state index in [2.05, 4.69) is 561 Å². The Morgan fingerprint density at radius 2 is 0.125 bits per heavy atom. The molecular formula is C112H80Ge8. The molecule has 1 aliphatic rings. The monoisotopic (exact) mass is 2020 g/mol. The number of rotatable bonds is 16. The minimum absolute atomic E-state index is 1.13. The molecule has 0 unspecified atom stereocenters. The van der Waals surface area contributed by atoms with Gasteiger partial charge < -0.3 is 0 Å². The molecule has 0 spiro atoms. The van der Waals surface area contributed by atoms with Gasteiger partial charge in [-0.25, -0.2) is 0 Å². The number of hydrogen-bond acceptors (Lipinski definition) is 0. The summed E-state index contributed by atoms with van der Waals surface area (Å²) in [4.78, 5) is 0. The summed E-state index contributed by atoms with van der Waals surface area (Å²) in [6.45, 7) is 0. The summed E-state index contributed by atoms with van der Waals surface area (Å²) in [5, 5.41) is 0. The molecule has 16 aromatic rings. The second kappa shape index (κ2) is 37.3. The Kier molecular flexibility index (Phi) is 25.1. The summed E-state index contributed by atoms with van der Waals surface area (Å²) >= 11 is -37.4. The molecule has 0 aliphatic carbocycles. The van der Waals surface area contributed by atoms with Crippen LogP contribution in [0.2, 0.25) is 0 Å². The second-order valence-electron chi connectivity index (χ2n) is 29.9. The molecule has 560 valence electrons. The van der Waals surface area contributed by atoms with Crippen LogP contribution in [-0.2, 0) is 0 Å². The summed E-state index contributed by atoms with van der Waals surface area (Å²) in [6.07, 6.45) is 0. The van der Waals surface area contributed by atoms with Crippen molar-refractivity contribution in [3.8, 4) is 76.0 Å². The SMILES string of the molecule is [C]1#[C][Ge]([c]2ccccc2)([c]2ccccc2)[C]#[C][Ge]([c]2ccccc2)([c]2ccccc2)[C]#[C][Ge]([c]2ccccc2)([c]2ccccc2)[C]#[C][Ge]([c]2ccccc2)([c]2ccccc2)[C]#[C][Ge]([c]2ccccc2)([c]2ccccc2)[C]#[C][Ge]([c]2ccccc2)([c]2ccccc2)[C]#[C][Ge]([c]2ccccc2)([c]2ccccc2)[C]#[C][Ge]1([c]1ccccc1)[c]1ccccc1. The van der Waals surface area contributed by atoms with E-state index in [9.17, 15) is 0 Å². The van der Waals surface area contributed by atoms with Gasteiger partial charge in [-0.05, 0) is 0 Å². The van der Waals surface area contributed by atoms with Crippen molar-refractivity contribution in [2.75, 3.05) is 0 Å². The van der Waals surface area contributed by atoms with Gasteiger partial charge in [0, 0.05) is 0 Å². The van der Waals surface area contributed by atoms with Crippen LogP contribution in [0, 0.1) is 76.0 Å². The molecule has 0 aromatic heterocycles. The van der Waals surface area contributed by atoms with Crippen molar-refractivity contribution in [3.63, 3.8) is 0 Å². The van der Waals surface area contributed by atoms with Crippen molar-refractivity contribution in [2.24, 2.45) is 0 Å². The van der Waals surface area contributed by atoms with Gasteiger partial charge in [-0.2, -0.15) is 0 Å². The molecule has 1 heterocycles. The van der Waals surface area contributed by atoms with Crippen molar-refractivity contribution in [1.82, 2.24) is 0 Å². The van der Waals surface area contributed by atoms with Crippen molar-refractivity contribution >= 4 is 176 Å². The van der Waals surface area contributed by atoms with Gasteiger partial charge in [0.2, 0.25) is 0 Å². The zero-order valence-corrected chi connectivity index (χ0v) is 83.0. The molecule has 0 N–H and O–H groups in total. The zero-order chi connectivity index (χ0) is 81.1. The topological polar surface area (TPSA) is 0 Å². The molecule has 16 aromatic carbocycles. The Bertz CT molecular complexity index is 5120. The minimum atomic E-state index is -4.68. The second-order valence-corrected chi connectivity index (χ2v) is 82.8. The zero-order valence-electron chi connectivity index (χ0n) is 66.2. The summed E-state index contributed by atoms with van der Waals surface area (Å²) in [5.41, 5.74) is 0. The molecule has 0 atom stereocenters. The predicted molar refractivity (Wildman–Crippen MR) is 525 cm³/mol. The molecule has 0 radical (unpaired) electrons. The van der Waals surface area contributed by atoms with Crippen molar-refractivity contribution in [1.29, 1.82) is 0 Å². The van der Waals surface area contributed by atoms with E-state index >= 15 is 0 Å². The number of hydrogen-bond donors (Lipinski definition) is 0. The van der Waals surface area contributed by atoms with Gasteiger partial charge >= 0.3 is 738 Å². The first kappa shape index (κ1) is 80.7. The van der Waals surface area contributed by atoms with E-state index in [4.69, 9.17) is 0 Å². The van der Waals surface area contributed by atoms with Crippen molar-refractivity contribution in [2.45, 2.75) is 0 Å². The fourth-order valence-corrected chi connectivity index (χ4v) is 95.0. The van der Waals surface area contributed by atoms with Crippen LogP contribution in [0.25, 0.3) is 0 Å². The van der Waals surface area contributed by atoms with Crippen molar-refractivity contribution < 1.29 is 0 Å². The van der Waals surface area contributed by atoms with Gasteiger partial charge in [0.05, 0.1) is 0 Å². The maximum absolute atomic E-state index is 4.68. The molecule has 0 saturated carbocycles. The molecule has 1 aliphatic heterocycles. The first-order valence-corrected chi connectivity index (χ1v) is 74.1. The van der Waals surface area contributed by atoms with Gasteiger partial charge in [0.15, 0.2) is 0 Å². The number of benzene rings is 16. The van der Waals surface area contributed by atoms with Gasteiger partial charge in [-0.15, -0.1) is 0 Å². The molecule has 0 saturated heterocycles. The Hall–Kier alpha value is -11.7. The Balaban J connectivity index is 1.14. The van der Waals surface area contributed by atoms with E-state index in [-0.39, 0.29) is 0 Å². The quantitative estimate of drug-likeness (QED) is 0.0668. The first-order chi connectivity index (χ1) is 59.3. The third-order valence-corrected chi connectivity index (χ3v) is 88.7. The van der Waals surface area contributed by atoms with E-state index in [1.807, 2.05) is 0 Å². The van der Waals surface area contributed by atoms with Gasteiger partial charge in [-0.3, -0.25) is 0 Å². The molecule has 0 fully saturated rings. The fraction of sp³-hybridized carbons (Fsp3) is 0. The van der Waals surface area contributed by atoms with E-state index in [1.54, 1.807) is 0 Å². The molecule has 0 amide bonds. The fourth-order valence-electron chi connectivity index (χ4n) is 16.4. The third-order valence-electron chi connectivity index (χ3n) is 22.8. The van der Waals surface area contributed by atoms with Gasteiger partial charge in [0.25, 0.3) is 0 Å². The first-order valence-electron chi connectivity index (χ1n) is 40.6. The maximum atomic E-state index is 4.54. The summed E-state index contributed by atoms with van der Waals surface area (Å²) in [7, 11) is 0. The molecule has 120 heavy (non-hydrogen) atoms. The Labute approximate surface area is 729 Å². The van der Waals surface area contributed by atoms with Crippen LogP contribution in [0.15, 0.2) is 485 Å². The van der Waals surface area contributed by atoms with Crippen LogP contribution >= 0.6 is 0 Å². The van der Waals surface area contributed by atoms with Gasteiger partial charge in [-0.1, -0.05) is 0 Å². The molecule has 17 rings (SSSR count). The standard InChI is InChI=1S/C112H80Ge8/c1-17-49-97(50-18-1)113(98-51-19-2-20-52-98)81-83-114(99-53-21-3-22-54-99,100-55-23-4-24-56-100)85-87-116(103-61-29-7-30-62-103,104-63-31-8-32-64-104)89-91-118(107-69-37-11-38-70-107,108-71-39-12-40-72-108)93-95-120(111-77-45-15-46-78-111,112-79-47-16-48-80-112)96-94-119(109-73-41-13-42-74-109,110-75-43-14-44-76-110)92-90-117(105-65-33-9-34-66-105,106-67-35-10-36-68-106)88-86-115(84-82-113,101-57-25-5-26-58-101)102-59-27-6-28-60-102/h1-80H. The molecule has 0 bridgehead atoms. The van der Waals surface area contributed by atoms with Crippen molar-refractivity contribution in [3.05, 3.63) is 485 Å². The van der Waals surface area contributed by atoms with Gasteiger partial charge in [0.1, 0.15) is 0 Å². The van der Waals surface area contributed by atoms with E-state index in [0.717, 1.165) is 70.3 Å². The van der Waals surface area contributed by atoms with E-state index < -0.39 is 106 Å². The van der Waals surface area contributed by atoms with E-state index in [0.29, 0.717) is 0 Å². The summed E-state index contributed by atoms with van der Waals surface area (Å²) in [6, 6.07) is 177. The molecule has 0 nitrogen and oxygen atoms in total. The van der Waals surface area contributed by atoms with Crippen LogP contribution in [0.1, 0.15) is 0 Å². The summed E-state index contributed by atoms with van der Waals surface area (Å²) in [5.74, 6) is 0. The summed E-state index contributed by atoms with van der Waals surface area (Å²) < 4.78 is 90.7. The average molecular weight is 2010 g/mol. The van der Waals surface area contributed by atoms with Crippen LogP contribution < -0.4 is 70.3 Å². The molecular weight excluding hydrogens is 1930 g/mol. The van der Waals surface area contributed by atoms with Crippen LogP contribution in [-0.4, -0.2) is 106 Å². The van der Waals surface area contributed by atoms with Crippen LogP contribution in [0.5, 0.6) is 0 Å². The Morgan fingerprint density at radius 3 is 0.175 bits per heavy atom. The predicted octanol–water partition coefficient (Wildman–Crippen LogP) is 10.8. The normalized spacial score (nSPS) is 15.2. The van der Waals surface area contributed by atoms with Crippen LogP contribution in [0.4, 0.5) is 0 Å². The Morgan fingerprint density at radius 1 is 0.0750 bits per heavy atom. The third kappa shape index (κ3) is 16.4. The van der Waals surface area contributed by atoms with E-state index in [1.165, 1.54) is 0 Å².